The largest absolute Gasteiger partial charge is 0.303 e. The van der Waals surface area contributed by atoms with Crippen molar-refractivity contribution in [2.75, 3.05) is 0 Å². The molecular weight excluding hydrogens is 172 g/mol. The minimum absolute atomic E-state index is 0.591. The molecule has 1 aromatic carbocycles. The number of hydrogen-bond donors (Lipinski definition) is 0. The van der Waals surface area contributed by atoms with Crippen LogP contribution >= 0.6 is 0 Å². The van der Waals surface area contributed by atoms with E-state index in [4.69, 9.17) is 0 Å². The number of aldehydes is 1. The van der Waals surface area contributed by atoms with Gasteiger partial charge < -0.3 is 4.79 Å². The molecule has 14 heavy (non-hydrogen) atoms. The van der Waals surface area contributed by atoms with E-state index in [-0.39, 0.29) is 0 Å². The number of benzene rings is 1. The maximum absolute atomic E-state index is 10.4. The Balaban J connectivity index is 2.41. The van der Waals surface area contributed by atoms with Gasteiger partial charge >= 0.3 is 0 Å². The smallest absolute Gasteiger partial charge is 0.124 e. The third-order valence-electron chi connectivity index (χ3n) is 2.82. The molecule has 0 fully saturated rings. The topological polar surface area (TPSA) is 17.1 Å². The van der Waals surface area contributed by atoms with Crippen molar-refractivity contribution < 1.29 is 4.79 Å². The maximum atomic E-state index is 10.4. The molecule has 0 aromatic heterocycles. The van der Waals surface area contributed by atoms with E-state index in [0.717, 1.165) is 19.1 Å². The zero-order chi connectivity index (χ0) is 9.97. The summed E-state index contributed by atoms with van der Waals surface area (Å²) in [5, 5.41) is 0. The fourth-order valence-electron chi connectivity index (χ4n) is 2.01. The van der Waals surface area contributed by atoms with E-state index in [1.54, 1.807) is 0 Å². The van der Waals surface area contributed by atoms with Gasteiger partial charge in [-0.15, -0.1) is 0 Å². The summed E-state index contributed by atoms with van der Waals surface area (Å²) >= 11 is 0. The van der Waals surface area contributed by atoms with Crippen LogP contribution in [0.1, 0.15) is 29.5 Å². The Morgan fingerprint density at radius 2 is 2.21 bits per heavy atom. The first-order valence-corrected chi connectivity index (χ1v) is 5.03. The normalized spacial score (nSPS) is 14.5. The predicted octanol–water partition coefficient (Wildman–Crippen LogP) is 2.91. The summed E-state index contributed by atoms with van der Waals surface area (Å²) in [7, 11) is 0. The van der Waals surface area contributed by atoms with Crippen molar-refractivity contribution in [1.82, 2.24) is 0 Å². The summed E-state index contributed by atoms with van der Waals surface area (Å²) in [6.07, 6.45) is 5.89. The molecule has 0 unspecified atom stereocenters. The minimum atomic E-state index is 0.591. The van der Waals surface area contributed by atoms with E-state index in [0.29, 0.717) is 6.42 Å². The van der Waals surface area contributed by atoms with Crippen LogP contribution in [0.2, 0.25) is 0 Å². The highest BCUT2D eigenvalue weighted by molar-refractivity contribution is 5.67. The highest BCUT2D eigenvalue weighted by atomic mass is 16.1. The van der Waals surface area contributed by atoms with Gasteiger partial charge in [0, 0.05) is 6.42 Å². The minimum Gasteiger partial charge on any atom is -0.303 e. The van der Waals surface area contributed by atoms with E-state index in [1.807, 2.05) is 0 Å². The van der Waals surface area contributed by atoms with E-state index >= 15 is 0 Å². The molecule has 0 saturated carbocycles. The maximum Gasteiger partial charge on any atom is 0.124 e. The van der Waals surface area contributed by atoms with Gasteiger partial charge in [-0.3, -0.25) is 0 Å². The molecule has 0 aliphatic heterocycles. The van der Waals surface area contributed by atoms with E-state index in [9.17, 15) is 4.79 Å². The van der Waals surface area contributed by atoms with Crippen LogP contribution in [0, 0.1) is 6.92 Å². The quantitative estimate of drug-likeness (QED) is 0.649. The van der Waals surface area contributed by atoms with Crippen LogP contribution in [0.4, 0.5) is 0 Å². The third-order valence-corrected chi connectivity index (χ3v) is 2.82. The standard InChI is InChI=1S/C13H14O/c1-10-3-2-4-12-6-5-11(7-8-14)9-13(10)12/h2-4,8-9H,5-7H2,1H3. The highest BCUT2D eigenvalue weighted by Crippen LogP contribution is 2.27. The molecule has 2 rings (SSSR count). The molecule has 1 aliphatic rings. The monoisotopic (exact) mass is 186 g/mol. The second-order valence-electron chi connectivity index (χ2n) is 3.82. The number of carbonyl (C=O) groups is 1. The van der Waals surface area contributed by atoms with Gasteiger partial charge in [0.2, 0.25) is 0 Å². The summed E-state index contributed by atoms with van der Waals surface area (Å²) < 4.78 is 0. The van der Waals surface area contributed by atoms with Crippen molar-refractivity contribution in [3.05, 3.63) is 40.5 Å². The lowest BCUT2D eigenvalue weighted by Gasteiger charge is -2.16. The zero-order valence-corrected chi connectivity index (χ0v) is 8.42. The average molecular weight is 186 g/mol. The van der Waals surface area contributed by atoms with Crippen LogP contribution in [0.5, 0.6) is 0 Å². The van der Waals surface area contributed by atoms with Gasteiger partial charge in [0.25, 0.3) is 0 Å². The molecule has 0 bridgehead atoms. The summed E-state index contributed by atoms with van der Waals surface area (Å²) in [5.74, 6) is 0. The van der Waals surface area contributed by atoms with Crippen molar-refractivity contribution in [3.8, 4) is 0 Å². The molecule has 1 aromatic rings. The van der Waals surface area contributed by atoms with E-state index in [1.165, 1.54) is 22.3 Å². The van der Waals surface area contributed by atoms with Crippen molar-refractivity contribution in [1.29, 1.82) is 0 Å². The van der Waals surface area contributed by atoms with Gasteiger partial charge in [0.1, 0.15) is 6.29 Å². The SMILES string of the molecule is Cc1cccc2c1C=C(CC=O)CC2. The summed E-state index contributed by atoms with van der Waals surface area (Å²) in [5.41, 5.74) is 5.32. The second kappa shape index (κ2) is 3.79. The Hall–Kier alpha value is -1.37. The zero-order valence-electron chi connectivity index (χ0n) is 8.42. The third kappa shape index (κ3) is 1.63. The Kier molecular flexibility index (Phi) is 2.49. The number of rotatable bonds is 2. The molecule has 0 spiro atoms. The number of hydrogen-bond acceptors (Lipinski definition) is 1. The number of carbonyl (C=O) groups excluding carboxylic acids is 1. The Morgan fingerprint density at radius 1 is 1.36 bits per heavy atom. The molecule has 0 heterocycles. The molecule has 0 saturated heterocycles. The Morgan fingerprint density at radius 3 is 3.00 bits per heavy atom. The Bertz CT molecular complexity index is 388. The molecule has 1 aliphatic carbocycles. The van der Waals surface area contributed by atoms with Crippen LogP contribution in [0.3, 0.4) is 0 Å². The summed E-state index contributed by atoms with van der Waals surface area (Å²) in [4.78, 5) is 10.4. The first-order chi connectivity index (χ1) is 6.81. The number of allylic oxidation sites excluding steroid dienone is 1. The molecular formula is C13H14O. The van der Waals surface area contributed by atoms with Crippen molar-refractivity contribution >= 4 is 12.4 Å². The number of aryl methyl sites for hydroxylation is 2. The molecule has 1 nitrogen and oxygen atoms in total. The fraction of sp³-hybridized carbons (Fsp3) is 0.308. The van der Waals surface area contributed by atoms with Crippen LogP contribution in [0.15, 0.2) is 23.8 Å². The van der Waals surface area contributed by atoms with Crippen LogP contribution < -0.4 is 0 Å². The van der Waals surface area contributed by atoms with Crippen LogP contribution in [-0.4, -0.2) is 6.29 Å². The molecule has 0 atom stereocenters. The predicted molar refractivity (Wildman–Crippen MR) is 58.2 cm³/mol. The molecule has 72 valence electrons. The van der Waals surface area contributed by atoms with E-state index < -0.39 is 0 Å². The molecule has 0 radical (unpaired) electrons. The van der Waals surface area contributed by atoms with Crippen molar-refractivity contribution in [2.24, 2.45) is 0 Å². The Labute approximate surface area is 84.5 Å². The first kappa shape index (κ1) is 9.20. The lowest BCUT2D eigenvalue weighted by atomic mass is 9.89. The van der Waals surface area contributed by atoms with Gasteiger partial charge in [0.15, 0.2) is 0 Å². The molecule has 0 amide bonds. The highest BCUT2D eigenvalue weighted by Gasteiger charge is 2.10. The lowest BCUT2D eigenvalue weighted by Crippen LogP contribution is -2.01. The van der Waals surface area contributed by atoms with Gasteiger partial charge in [-0.2, -0.15) is 0 Å². The second-order valence-corrected chi connectivity index (χ2v) is 3.82. The molecule has 0 N–H and O–H groups in total. The van der Waals surface area contributed by atoms with Crippen LogP contribution in [-0.2, 0) is 11.2 Å². The fourth-order valence-corrected chi connectivity index (χ4v) is 2.01. The molecule has 1 heteroatoms. The van der Waals surface area contributed by atoms with E-state index in [2.05, 4.69) is 31.2 Å². The summed E-state index contributed by atoms with van der Waals surface area (Å²) in [6.45, 7) is 2.12. The van der Waals surface area contributed by atoms with Crippen molar-refractivity contribution in [2.45, 2.75) is 26.2 Å². The van der Waals surface area contributed by atoms with Gasteiger partial charge in [-0.25, -0.2) is 0 Å². The first-order valence-electron chi connectivity index (χ1n) is 5.03. The van der Waals surface area contributed by atoms with Gasteiger partial charge in [-0.05, 0) is 36.5 Å². The van der Waals surface area contributed by atoms with Gasteiger partial charge in [-0.1, -0.05) is 29.8 Å². The lowest BCUT2D eigenvalue weighted by molar-refractivity contribution is -0.107. The average Bonchev–Trinajstić information content (AvgIpc) is 2.20. The summed E-state index contributed by atoms with van der Waals surface area (Å²) in [6, 6.07) is 6.41. The number of fused-ring (bicyclic) bond motifs is 1. The van der Waals surface area contributed by atoms with Crippen molar-refractivity contribution in [3.63, 3.8) is 0 Å². The van der Waals surface area contributed by atoms with Crippen LogP contribution in [0.25, 0.3) is 6.08 Å². The van der Waals surface area contributed by atoms with Gasteiger partial charge in [0.05, 0.1) is 0 Å².